The number of allylic oxidation sites excluding steroid dienone is 1. The van der Waals surface area contributed by atoms with Crippen molar-refractivity contribution in [2.45, 2.75) is 0 Å². The van der Waals surface area contributed by atoms with Crippen LogP contribution < -0.4 is 5.32 Å². The lowest BCUT2D eigenvalue weighted by molar-refractivity contribution is 0.476. The summed E-state index contributed by atoms with van der Waals surface area (Å²) in [6.07, 6.45) is 3.60. The number of fused-ring (bicyclic) bond motifs is 1. The molecule has 0 bridgehead atoms. The summed E-state index contributed by atoms with van der Waals surface area (Å²) in [5.41, 5.74) is 0.707. The van der Waals surface area contributed by atoms with E-state index in [1.807, 2.05) is 0 Å². The summed E-state index contributed by atoms with van der Waals surface area (Å²) in [4.78, 5) is 8.18. The number of hydrogen-bond donors (Lipinski definition) is 2. The molecule has 0 amide bonds. The number of aliphatic hydroxyl groups is 1. The number of hydrogen-bond acceptors (Lipinski definition) is 5. The van der Waals surface area contributed by atoms with Gasteiger partial charge in [-0.2, -0.15) is 5.26 Å². The lowest BCUT2D eigenvalue weighted by atomic mass is 10.1. The Kier molecular flexibility index (Phi) is 3.83. The molecule has 0 aliphatic heterocycles. The third kappa shape index (κ3) is 2.63. The van der Waals surface area contributed by atoms with Crippen LogP contribution in [0.1, 0.15) is 5.56 Å². The van der Waals surface area contributed by atoms with Crippen LogP contribution in [0.4, 0.5) is 20.3 Å². The number of aromatic nitrogens is 3. The second-order valence-electron chi connectivity index (χ2n) is 5.01. The van der Waals surface area contributed by atoms with Crippen LogP contribution in [-0.2, 0) is 7.05 Å². The van der Waals surface area contributed by atoms with Crippen LogP contribution in [0.3, 0.4) is 0 Å². The molecular formula is C16H11F2N5O. The number of benzene rings is 1. The van der Waals surface area contributed by atoms with E-state index < -0.39 is 17.3 Å². The van der Waals surface area contributed by atoms with E-state index in [0.717, 1.165) is 17.6 Å². The van der Waals surface area contributed by atoms with Gasteiger partial charge in [0.25, 0.3) is 0 Å². The average molecular weight is 327 g/mol. The number of nitrogens with one attached hydrogen (secondary N) is 1. The van der Waals surface area contributed by atoms with Crippen molar-refractivity contribution in [2.75, 3.05) is 5.32 Å². The van der Waals surface area contributed by atoms with Crippen molar-refractivity contribution in [3.8, 4) is 6.07 Å². The van der Waals surface area contributed by atoms with Crippen LogP contribution in [0.25, 0.3) is 16.6 Å². The van der Waals surface area contributed by atoms with Gasteiger partial charge in [-0.3, -0.25) is 0 Å². The molecule has 2 aromatic heterocycles. The van der Waals surface area contributed by atoms with Crippen molar-refractivity contribution in [2.24, 2.45) is 7.05 Å². The zero-order chi connectivity index (χ0) is 17.3. The van der Waals surface area contributed by atoms with Crippen molar-refractivity contribution < 1.29 is 13.9 Å². The van der Waals surface area contributed by atoms with E-state index in [2.05, 4.69) is 15.3 Å². The molecule has 120 valence electrons. The first-order valence-corrected chi connectivity index (χ1v) is 6.81. The normalized spacial score (nSPS) is 11.5. The third-order valence-electron chi connectivity index (χ3n) is 3.47. The Morgan fingerprint density at radius 1 is 1.29 bits per heavy atom. The smallest absolute Gasteiger partial charge is 0.150 e. The Bertz CT molecular complexity index is 980. The van der Waals surface area contributed by atoms with E-state index in [1.54, 1.807) is 30.1 Å². The van der Waals surface area contributed by atoms with E-state index in [-0.39, 0.29) is 17.0 Å². The van der Waals surface area contributed by atoms with Crippen molar-refractivity contribution >= 4 is 28.1 Å². The SMILES string of the molecule is Cn1cnc2cnc(Nc3c(F)cc(C(C#N)=CO)cc3F)cc21. The van der Waals surface area contributed by atoms with Gasteiger partial charge in [0.15, 0.2) is 0 Å². The maximum Gasteiger partial charge on any atom is 0.150 e. The van der Waals surface area contributed by atoms with Crippen molar-refractivity contribution in [3.63, 3.8) is 0 Å². The zero-order valence-electron chi connectivity index (χ0n) is 12.5. The van der Waals surface area contributed by atoms with Gasteiger partial charge in [0.2, 0.25) is 0 Å². The fourth-order valence-corrected chi connectivity index (χ4v) is 2.24. The van der Waals surface area contributed by atoms with E-state index in [1.165, 1.54) is 6.20 Å². The van der Waals surface area contributed by atoms with Gasteiger partial charge in [-0.1, -0.05) is 0 Å². The summed E-state index contributed by atoms with van der Waals surface area (Å²) in [5, 5.41) is 20.3. The molecule has 0 aliphatic rings. The standard InChI is InChI=1S/C16H11F2N5O/c1-23-8-21-13-6-20-15(4-14(13)23)22-16-11(17)2-9(3-12(16)18)10(5-19)7-24/h2-4,6-8,24H,1H3,(H,20,22). The fourth-order valence-electron chi connectivity index (χ4n) is 2.24. The summed E-state index contributed by atoms with van der Waals surface area (Å²) in [6, 6.07) is 5.18. The lowest BCUT2D eigenvalue weighted by Crippen LogP contribution is -2.01. The maximum atomic E-state index is 14.2. The summed E-state index contributed by atoms with van der Waals surface area (Å²) in [6.45, 7) is 0. The number of pyridine rings is 1. The largest absolute Gasteiger partial charge is 0.514 e. The summed E-state index contributed by atoms with van der Waals surface area (Å²) in [7, 11) is 1.79. The van der Waals surface area contributed by atoms with Gasteiger partial charge in [-0.05, 0) is 12.1 Å². The number of nitrogens with zero attached hydrogens (tertiary/aromatic N) is 4. The predicted molar refractivity (Wildman–Crippen MR) is 84.4 cm³/mol. The van der Waals surface area contributed by atoms with Crippen molar-refractivity contribution in [1.82, 2.24) is 14.5 Å². The molecule has 0 spiro atoms. The Hall–Kier alpha value is -3.47. The monoisotopic (exact) mass is 327 g/mol. The van der Waals surface area contributed by atoms with Crippen LogP contribution >= 0.6 is 0 Å². The highest BCUT2D eigenvalue weighted by molar-refractivity contribution is 5.79. The lowest BCUT2D eigenvalue weighted by Gasteiger charge is -2.10. The first-order chi connectivity index (χ1) is 11.5. The average Bonchev–Trinajstić information content (AvgIpc) is 2.93. The molecule has 2 N–H and O–H groups in total. The fraction of sp³-hybridized carbons (Fsp3) is 0.0625. The van der Waals surface area contributed by atoms with Gasteiger partial charge < -0.3 is 15.0 Å². The quantitative estimate of drug-likeness (QED) is 0.568. The van der Waals surface area contributed by atoms with E-state index >= 15 is 0 Å². The van der Waals surface area contributed by atoms with Gasteiger partial charge in [0, 0.05) is 18.7 Å². The van der Waals surface area contributed by atoms with Gasteiger partial charge in [0.1, 0.15) is 34.7 Å². The van der Waals surface area contributed by atoms with E-state index in [4.69, 9.17) is 10.4 Å². The topological polar surface area (TPSA) is 86.8 Å². The highest BCUT2D eigenvalue weighted by atomic mass is 19.1. The highest BCUT2D eigenvalue weighted by Crippen LogP contribution is 2.27. The number of aryl methyl sites for hydroxylation is 1. The number of rotatable bonds is 3. The molecule has 0 atom stereocenters. The maximum absolute atomic E-state index is 14.2. The van der Waals surface area contributed by atoms with Gasteiger partial charge in [-0.15, -0.1) is 0 Å². The van der Waals surface area contributed by atoms with Crippen LogP contribution in [0.2, 0.25) is 0 Å². The van der Waals surface area contributed by atoms with Gasteiger partial charge >= 0.3 is 0 Å². The molecule has 0 radical (unpaired) electrons. The Morgan fingerprint density at radius 3 is 2.62 bits per heavy atom. The molecule has 2 heterocycles. The molecule has 3 rings (SSSR count). The molecule has 8 heteroatoms. The van der Waals surface area contributed by atoms with Crippen LogP contribution in [0.5, 0.6) is 0 Å². The molecule has 0 saturated carbocycles. The molecule has 0 aliphatic carbocycles. The number of anilines is 2. The number of imidazole rings is 1. The molecule has 0 saturated heterocycles. The summed E-state index contributed by atoms with van der Waals surface area (Å²) in [5.74, 6) is -1.58. The molecular weight excluding hydrogens is 316 g/mol. The number of aliphatic hydroxyl groups excluding tert-OH is 1. The first kappa shape index (κ1) is 15.4. The Balaban J connectivity index is 2.00. The molecule has 1 aromatic carbocycles. The minimum atomic E-state index is -0.911. The number of nitriles is 1. The van der Waals surface area contributed by atoms with Gasteiger partial charge in [-0.25, -0.2) is 18.7 Å². The molecule has 3 aromatic rings. The zero-order valence-corrected chi connectivity index (χ0v) is 12.5. The van der Waals surface area contributed by atoms with Crippen LogP contribution in [0.15, 0.2) is 37.0 Å². The van der Waals surface area contributed by atoms with Crippen LogP contribution in [0, 0.1) is 23.0 Å². The van der Waals surface area contributed by atoms with Crippen molar-refractivity contribution in [3.05, 3.63) is 54.2 Å². The highest BCUT2D eigenvalue weighted by Gasteiger charge is 2.15. The minimum Gasteiger partial charge on any atom is -0.514 e. The molecule has 0 unspecified atom stereocenters. The Morgan fingerprint density at radius 2 is 2.00 bits per heavy atom. The predicted octanol–water partition coefficient (Wildman–Crippen LogP) is 3.41. The summed E-state index contributed by atoms with van der Waals surface area (Å²) >= 11 is 0. The molecule has 6 nitrogen and oxygen atoms in total. The summed E-state index contributed by atoms with van der Waals surface area (Å²) < 4.78 is 30.1. The van der Waals surface area contributed by atoms with Crippen LogP contribution in [-0.4, -0.2) is 19.6 Å². The van der Waals surface area contributed by atoms with Gasteiger partial charge in [0.05, 0.1) is 29.9 Å². The Labute approximate surface area is 135 Å². The van der Waals surface area contributed by atoms with E-state index in [9.17, 15) is 8.78 Å². The second-order valence-corrected chi connectivity index (χ2v) is 5.01. The molecule has 24 heavy (non-hydrogen) atoms. The number of halogens is 2. The third-order valence-corrected chi connectivity index (χ3v) is 3.47. The molecule has 0 fully saturated rings. The first-order valence-electron chi connectivity index (χ1n) is 6.81. The van der Waals surface area contributed by atoms with Crippen molar-refractivity contribution in [1.29, 1.82) is 5.26 Å². The second kappa shape index (κ2) is 5.96. The van der Waals surface area contributed by atoms with E-state index in [0.29, 0.717) is 11.8 Å². The minimum absolute atomic E-state index is 0.0596.